The minimum atomic E-state index is -1.11. The second kappa shape index (κ2) is 59.0. The van der Waals surface area contributed by atoms with E-state index in [1.807, 2.05) is 13.8 Å². The fourth-order valence-electron chi connectivity index (χ4n) is 10.8. The predicted octanol–water partition coefficient (Wildman–Crippen LogP) is 16.5. The van der Waals surface area contributed by atoms with Gasteiger partial charge in [0.1, 0.15) is 42.7 Å². The van der Waals surface area contributed by atoms with Gasteiger partial charge >= 0.3 is 53.7 Å². The van der Waals surface area contributed by atoms with Crippen LogP contribution in [0.5, 0.6) is 0 Å². The molecular formula is C72H128O19. The lowest BCUT2D eigenvalue weighted by atomic mass is 10.0. The van der Waals surface area contributed by atoms with Gasteiger partial charge in [0, 0.05) is 6.42 Å². The molecule has 0 fully saturated rings. The third kappa shape index (κ3) is 53.3. The Morgan fingerprint density at radius 1 is 0.286 bits per heavy atom. The number of carboxylic acids is 1. The molecule has 0 spiro atoms. The summed E-state index contributed by atoms with van der Waals surface area (Å²) in [7, 11) is 0. The summed E-state index contributed by atoms with van der Waals surface area (Å²) in [6, 6.07) is 0. The third-order valence-electron chi connectivity index (χ3n) is 16.1. The number of carboxylic acid groups (broad SMARTS) is 1. The van der Waals surface area contributed by atoms with E-state index in [0.717, 1.165) is 148 Å². The molecule has 0 heterocycles. The highest BCUT2D eigenvalue weighted by atomic mass is 16.6. The van der Waals surface area contributed by atoms with E-state index >= 15 is 0 Å². The SMILES string of the molecule is CCCCCCCCCC(O)CC(=O)OC(CCCCCCCC)CC(=O)OC(CCCCCCC)CC(=O)OC(CCCCCC)CC(=O)OCCCCCCCC(=O)OC(CCCC)CC(=O)OC(CCC)CC(=O)OC(CC)CC(=O)OC(C)CC(=O)O. The van der Waals surface area contributed by atoms with Crippen molar-refractivity contribution in [3.05, 3.63) is 0 Å². The molecule has 0 rings (SSSR count). The smallest absolute Gasteiger partial charge is 0.309 e. The number of carbonyl (C=O) groups excluding carboxylic acids is 8. The van der Waals surface area contributed by atoms with Crippen molar-refractivity contribution < 1.29 is 91.3 Å². The first kappa shape index (κ1) is 86.2. The van der Waals surface area contributed by atoms with Gasteiger partial charge in [-0.1, -0.05) is 209 Å². The van der Waals surface area contributed by atoms with E-state index in [-0.39, 0.29) is 64.4 Å². The van der Waals surface area contributed by atoms with Crippen molar-refractivity contribution >= 4 is 53.7 Å². The molecule has 0 aromatic rings. The number of carbonyl (C=O) groups is 9. The first-order chi connectivity index (χ1) is 43.8. The van der Waals surface area contributed by atoms with Crippen molar-refractivity contribution in [2.75, 3.05) is 6.61 Å². The van der Waals surface area contributed by atoms with Gasteiger partial charge in [-0.15, -0.1) is 0 Å². The average Bonchev–Trinajstić information content (AvgIpc) is 2.49. The largest absolute Gasteiger partial charge is 0.481 e. The maximum atomic E-state index is 13.7. The monoisotopic (exact) mass is 1300 g/mol. The molecule has 530 valence electrons. The van der Waals surface area contributed by atoms with E-state index in [9.17, 15) is 48.3 Å². The zero-order chi connectivity index (χ0) is 67.7. The summed E-state index contributed by atoms with van der Waals surface area (Å²) in [5.74, 6) is -5.60. The van der Waals surface area contributed by atoms with Crippen LogP contribution in [0.1, 0.15) is 351 Å². The molecule has 19 heteroatoms. The van der Waals surface area contributed by atoms with Crippen LogP contribution in [-0.2, 0) is 81.0 Å². The van der Waals surface area contributed by atoms with Crippen LogP contribution in [0.2, 0.25) is 0 Å². The van der Waals surface area contributed by atoms with Crippen LogP contribution in [0.15, 0.2) is 0 Å². The first-order valence-corrected chi connectivity index (χ1v) is 36.2. The first-order valence-electron chi connectivity index (χ1n) is 36.2. The minimum Gasteiger partial charge on any atom is -0.481 e. The summed E-state index contributed by atoms with van der Waals surface area (Å²) in [6.45, 7) is 15.9. The van der Waals surface area contributed by atoms with Crippen molar-refractivity contribution in [3.8, 4) is 0 Å². The number of aliphatic carboxylic acids is 1. The molecule has 0 aliphatic rings. The lowest BCUT2D eigenvalue weighted by Gasteiger charge is -2.23. The Bertz CT molecular complexity index is 1910. The number of esters is 8. The highest BCUT2D eigenvalue weighted by Crippen LogP contribution is 2.23. The van der Waals surface area contributed by atoms with Gasteiger partial charge in [-0.2, -0.15) is 0 Å². The summed E-state index contributed by atoms with van der Waals surface area (Å²) in [4.78, 5) is 116. The van der Waals surface area contributed by atoms with Gasteiger partial charge in [0.25, 0.3) is 0 Å². The van der Waals surface area contributed by atoms with E-state index in [0.29, 0.717) is 64.2 Å². The van der Waals surface area contributed by atoms with Crippen molar-refractivity contribution in [1.29, 1.82) is 0 Å². The zero-order valence-corrected chi connectivity index (χ0v) is 58.2. The Labute approximate surface area is 549 Å². The fraction of sp³-hybridized carbons (Fsp3) is 0.875. The molecule has 8 unspecified atom stereocenters. The molecule has 0 saturated heterocycles. The van der Waals surface area contributed by atoms with Gasteiger partial charge in [-0.05, 0) is 84.0 Å². The molecule has 0 radical (unpaired) electrons. The van der Waals surface area contributed by atoms with E-state index in [4.69, 9.17) is 43.0 Å². The van der Waals surface area contributed by atoms with Crippen LogP contribution >= 0.6 is 0 Å². The molecule has 19 nitrogen and oxygen atoms in total. The van der Waals surface area contributed by atoms with E-state index in [1.54, 1.807) is 6.92 Å². The standard InChI is InChI=1S/C72H128O19/c1-9-16-21-25-27-30-34-41-57(73)49-67(78)89-62(45-37-31-26-22-17-10-2)54-72(83)91-63(44-36-29-23-18-11-3)55-71(82)90-61(43-35-24-19-12-4)51-66(77)84-47-39-33-28-32-38-46-65(76)87-60(42-20-13-5)53-70(81)88-59(40-14-6)52-69(80)86-58(15-7)50-68(79)85-56(8)48-64(74)75/h56-63,73H,9-55H2,1-8H3,(H,74,75). The molecule has 8 atom stereocenters. The summed E-state index contributed by atoms with van der Waals surface area (Å²) in [5.41, 5.74) is 0. The lowest BCUT2D eigenvalue weighted by Crippen LogP contribution is -2.30. The maximum Gasteiger partial charge on any atom is 0.309 e. The second-order valence-corrected chi connectivity index (χ2v) is 25.2. The quantitative estimate of drug-likeness (QED) is 0.0325. The second-order valence-electron chi connectivity index (χ2n) is 25.2. The van der Waals surface area contributed by atoms with Crippen LogP contribution in [0.4, 0.5) is 0 Å². The predicted molar refractivity (Wildman–Crippen MR) is 352 cm³/mol. The Balaban J connectivity index is 5.40. The van der Waals surface area contributed by atoms with Gasteiger partial charge in [0.15, 0.2) is 0 Å². The lowest BCUT2D eigenvalue weighted by molar-refractivity contribution is -0.166. The molecule has 91 heavy (non-hydrogen) atoms. The molecule has 0 aliphatic carbocycles. The van der Waals surface area contributed by atoms with Crippen LogP contribution < -0.4 is 0 Å². The summed E-state index contributed by atoms with van der Waals surface area (Å²) < 4.78 is 45.6. The normalized spacial score (nSPS) is 13.9. The number of aliphatic hydroxyl groups is 1. The number of aliphatic hydroxyl groups excluding tert-OH is 1. The summed E-state index contributed by atoms with van der Waals surface area (Å²) >= 11 is 0. The highest BCUT2D eigenvalue weighted by Gasteiger charge is 2.29. The Kier molecular flexibility index (Phi) is 55.9. The minimum absolute atomic E-state index is 0.105. The zero-order valence-electron chi connectivity index (χ0n) is 58.2. The third-order valence-corrected chi connectivity index (χ3v) is 16.1. The van der Waals surface area contributed by atoms with Gasteiger partial charge < -0.3 is 48.1 Å². The van der Waals surface area contributed by atoms with Crippen molar-refractivity contribution in [3.63, 3.8) is 0 Å². The van der Waals surface area contributed by atoms with Crippen LogP contribution in [-0.4, -0.2) is 119 Å². The number of hydrogen-bond acceptors (Lipinski definition) is 18. The molecule has 0 bridgehead atoms. The number of hydrogen-bond donors (Lipinski definition) is 2. The van der Waals surface area contributed by atoms with Gasteiger partial charge in [-0.3, -0.25) is 43.2 Å². The fourth-order valence-corrected chi connectivity index (χ4v) is 10.8. The highest BCUT2D eigenvalue weighted by molar-refractivity contribution is 5.76. The van der Waals surface area contributed by atoms with Crippen molar-refractivity contribution in [2.45, 2.75) is 400 Å². The van der Waals surface area contributed by atoms with Gasteiger partial charge in [0.2, 0.25) is 0 Å². The molecule has 0 amide bonds. The molecule has 0 saturated carbocycles. The topological polar surface area (TPSA) is 268 Å². The van der Waals surface area contributed by atoms with Crippen LogP contribution in [0, 0.1) is 0 Å². The van der Waals surface area contributed by atoms with Crippen LogP contribution in [0.25, 0.3) is 0 Å². The molecular weight excluding hydrogens is 1170 g/mol. The summed E-state index contributed by atoms with van der Waals surface area (Å²) in [5, 5.41) is 19.6. The molecule has 0 aliphatic heterocycles. The number of unbranched alkanes of at least 4 members (excludes halogenated alkanes) is 23. The molecule has 0 aromatic carbocycles. The Morgan fingerprint density at radius 3 is 1.01 bits per heavy atom. The number of ether oxygens (including phenoxy) is 8. The van der Waals surface area contributed by atoms with Crippen molar-refractivity contribution in [1.82, 2.24) is 0 Å². The number of rotatable bonds is 63. The van der Waals surface area contributed by atoms with E-state index in [2.05, 4.69) is 27.7 Å². The van der Waals surface area contributed by atoms with Gasteiger partial charge in [0.05, 0.1) is 64.1 Å². The average molecular weight is 1300 g/mol. The van der Waals surface area contributed by atoms with Crippen LogP contribution in [0.3, 0.4) is 0 Å². The Hall–Kier alpha value is -4.81. The van der Waals surface area contributed by atoms with Gasteiger partial charge in [-0.25, -0.2) is 0 Å². The van der Waals surface area contributed by atoms with Crippen molar-refractivity contribution in [2.24, 2.45) is 0 Å². The molecule has 0 aromatic heterocycles. The Morgan fingerprint density at radius 2 is 0.593 bits per heavy atom. The van der Waals surface area contributed by atoms with E-state index < -0.39 is 103 Å². The maximum absolute atomic E-state index is 13.7. The molecule has 2 N–H and O–H groups in total. The summed E-state index contributed by atoms with van der Waals surface area (Å²) in [6.07, 6.45) is 23.6. The van der Waals surface area contributed by atoms with E-state index in [1.165, 1.54) is 32.6 Å².